The van der Waals surface area contributed by atoms with Crippen LogP contribution in [0, 0.1) is 5.92 Å². The van der Waals surface area contributed by atoms with Crippen molar-refractivity contribution in [1.82, 2.24) is 20.9 Å². The van der Waals surface area contributed by atoms with Crippen molar-refractivity contribution in [2.75, 3.05) is 33.3 Å². The second-order valence-corrected chi connectivity index (χ2v) is 7.88. The zero-order valence-electron chi connectivity index (χ0n) is 18.1. The van der Waals surface area contributed by atoms with Crippen LogP contribution in [-0.2, 0) is 16.0 Å². The maximum Gasteiger partial charge on any atom is 0.337 e. The van der Waals surface area contributed by atoms with Crippen LogP contribution in [0.2, 0.25) is 0 Å². The first-order chi connectivity index (χ1) is 15.2. The number of carbonyl (C=O) groups is 2. The number of carbonyl (C=O) groups excluding carboxylic acids is 2. The highest BCUT2D eigenvalue weighted by atomic mass is 16.5. The largest absolute Gasteiger partial charge is 0.465 e. The molecule has 1 fully saturated rings. The van der Waals surface area contributed by atoms with Crippen LogP contribution in [0.1, 0.15) is 46.8 Å². The molecule has 7 heteroatoms. The number of amides is 1. The highest BCUT2D eigenvalue weighted by molar-refractivity contribution is 5.89. The normalized spacial score (nSPS) is 15.3. The highest BCUT2D eigenvalue weighted by Crippen LogP contribution is 2.18. The van der Waals surface area contributed by atoms with Gasteiger partial charge in [-0.2, -0.15) is 0 Å². The van der Waals surface area contributed by atoms with E-state index in [9.17, 15) is 9.59 Å². The summed E-state index contributed by atoms with van der Waals surface area (Å²) in [5, 5.41) is 9.87. The Morgan fingerprint density at radius 3 is 2.48 bits per heavy atom. The Labute approximate surface area is 184 Å². The average molecular weight is 425 g/mol. The van der Waals surface area contributed by atoms with E-state index in [4.69, 9.17) is 4.74 Å². The SMILES string of the molecule is COC(=O)c1ccc(C(NCCC2CCNCC2)C(=O)NCCc2ccncc2)cc1. The predicted octanol–water partition coefficient (Wildman–Crippen LogP) is 2.25. The lowest BCUT2D eigenvalue weighted by molar-refractivity contribution is -0.123. The van der Waals surface area contributed by atoms with Gasteiger partial charge < -0.3 is 20.7 Å². The van der Waals surface area contributed by atoms with E-state index in [1.807, 2.05) is 24.3 Å². The maximum absolute atomic E-state index is 13.0. The number of nitrogens with one attached hydrogen (secondary N) is 3. The molecule has 31 heavy (non-hydrogen) atoms. The minimum atomic E-state index is -0.467. The van der Waals surface area contributed by atoms with E-state index in [1.54, 1.807) is 24.5 Å². The smallest absolute Gasteiger partial charge is 0.337 e. The molecule has 1 aromatic carbocycles. The number of benzene rings is 1. The maximum atomic E-state index is 13.0. The van der Waals surface area contributed by atoms with Gasteiger partial charge in [0.1, 0.15) is 6.04 Å². The molecule has 1 aliphatic heterocycles. The third kappa shape index (κ3) is 7.15. The molecule has 1 aromatic heterocycles. The molecule has 1 unspecified atom stereocenters. The molecule has 0 bridgehead atoms. The molecule has 1 aliphatic rings. The van der Waals surface area contributed by atoms with Gasteiger partial charge in [0.2, 0.25) is 5.91 Å². The number of ether oxygens (including phenoxy) is 1. The fourth-order valence-corrected chi connectivity index (χ4v) is 3.88. The van der Waals surface area contributed by atoms with E-state index in [-0.39, 0.29) is 11.9 Å². The van der Waals surface area contributed by atoms with E-state index in [1.165, 1.54) is 20.0 Å². The molecule has 2 aromatic rings. The van der Waals surface area contributed by atoms with Crippen LogP contribution in [0.5, 0.6) is 0 Å². The molecule has 7 nitrogen and oxygen atoms in total. The van der Waals surface area contributed by atoms with Gasteiger partial charge >= 0.3 is 5.97 Å². The van der Waals surface area contributed by atoms with Gasteiger partial charge in [0, 0.05) is 18.9 Å². The summed E-state index contributed by atoms with van der Waals surface area (Å²) in [6.45, 7) is 3.46. The fourth-order valence-electron chi connectivity index (χ4n) is 3.88. The number of pyridine rings is 1. The molecule has 0 aliphatic carbocycles. The molecule has 3 N–H and O–H groups in total. The van der Waals surface area contributed by atoms with Crippen LogP contribution < -0.4 is 16.0 Å². The number of hydrogen-bond donors (Lipinski definition) is 3. The monoisotopic (exact) mass is 424 g/mol. The molecule has 3 rings (SSSR count). The summed E-state index contributed by atoms with van der Waals surface area (Å²) in [6.07, 6.45) is 7.66. The highest BCUT2D eigenvalue weighted by Gasteiger charge is 2.21. The summed E-state index contributed by atoms with van der Waals surface area (Å²) in [5.74, 6) is 0.236. The number of rotatable bonds is 10. The summed E-state index contributed by atoms with van der Waals surface area (Å²) >= 11 is 0. The topological polar surface area (TPSA) is 92.4 Å². The van der Waals surface area contributed by atoms with E-state index in [0.717, 1.165) is 43.6 Å². The minimum absolute atomic E-state index is 0.0646. The van der Waals surface area contributed by atoms with Crippen molar-refractivity contribution in [3.63, 3.8) is 0 Å². The fraction of sp³-hybridized carbons (Fsp3) is 0.458. The average Bonchev–Trinajstić information content (AvgIpc) is 2.83. The second kappa shape index (κ2) is 12.2. The van der Waals surface area contributed by atoms with E-state index in [2.05, 4.69) is 20.9 Å². The van der Waals surface area contributed by atoms with Crippen molar-refractivity contribution >= 4 is 11.9 Å². The van der Waals surface area contributed by atoms with Gasteiger partial charge in [-0.05, 0) is 86.6 Å². The van der Waals surface area contributed by atoms with Crippen LogP contribution >= 0.6 is 0 Å². The lowest BCUT2D eigenvalue weighted by Crippen LogP contribution is -2.39. The van der Waals surface area contributed by atoms with Crippen molar-refractivity contribution in [2.45, 2.75) is 31.7 Å². The van der Waals surface area contributed by atoms with Gasteiger partial charge in [-0.1, -0.05) is 12.1 Å². The van der Waals surface area contributed by atoms with Crippen LogP contribution in [-0.4, -0.2) is 50.1 Å². The van der Waals surface area contributed by atoms with E-state index >= 15 is 0 Å². The quantitative estimate of drug-likeness (QED) is 0.507. The Balaban J connectivity index is 1.60. The molecule has 0 saturated carbocycles. The van der Waals surface area contributed by atoms with Crippen LogP contribution in [0.25, 0.3) is 0 Å². The van der Waals surface area contributed by atoms with Gasteiger partial charge in [0.15, 0.2) is 0 Å². The summed E-state index contributed by atoms with van der Waals surface area (Å²) in [6, 6.07) is 10.5. The molecule has 1 saturated heterocycles. The van der Waals surface area contributed by atoms with Crippen LogP contribution in [0.3, 0.4) is 0 Å². The first kappa shape index (κ1) is 22.9. The van der Waals surface area contributed by atoms with Crippen molar-refractivity contribution < 1.29 is 14.3 Å². The van der Waals surface area contributed by atoms with Gasteiger partial charge in [-0.25, -0.2) is 4.79 Å². The Morgan fingerprint density at radius 2 is 1.81 bits per heavy atom. The Hall–Kier alpha value is -2.77. The zero-order valence-corrected chi connectivity index (χ0v) is 18.1. The lowest BCUT2D eigenvalue weighted by atomic mass is 9.94. The van der Waals surface area contributed by atoms with Crippen molar-refractivity contribution in [2.24, 2.45) is 5.92 Å². The molecule has 0 radical (unpaired) electrons. The van der Waals surface area contributed by atoms with E-state index < -0.39 is 6.04 Å². The van der Waals surface area contributed by atoms with Gasteiger partial charge in [0.05, 0.1) is 12.7 Å². The van der Waals surface area contributed by atoms with Gasteiger partial charge in [-0.3, -0.25) is 9.78 Å². The number of esters is 1. The zero-order chi connectivity index (χ0) is 21.9. The summed E-state index contributed by atoms with van der Waals surface area (Å²) in [7, 11) is 1.36. The molecular formula is C24H32N4O3. The third-order valence-corrected chi connectivity index (χ3v) is 5.75. The molecule has 166 valence electrons. The number of methoxy groups -OCH3 is 1. The van der Waals surface area contributed by atoms with Gasteiger partial charge in [-0.15, -0.1) is 0 Å². The Morgan fingerprint density at radius 1 is 1.10 bits per heavy atom. The standard InChI is InChI=1S/C24H32N4O3/c1-31-24(30)21-4-2-20(3-5-21)22(27-16-10-18-6-12-25-13-7-18)23(29)28-17-11-19-8-14-26-15-9-19/h2-5,8-9,14-15,18,22,25,27H,6-7,10-13,16-17H2,1H3,(H,28,29). The van der Waals surface area contributed by atoms with Crippen molar-refractivity contribution in [3.05, 3.63) is 65.5 Å². The molecule has 1 atom stereocenters. The first-order valence-electron chi connectivity index (χ1n) is 11.0. The molecular weight excluding hydrogens is 392 g/mol. The Bertz CT molecular complexity index is 820. The van der Waals surface area contributed by atoms with Crippen LogP contribution in [0.4, 0.5) is 0 Å². The third-order valence-electron chi connectivity index (χ3n) is 5.75. The van der Waals surface area contributed by atoms with Gasteiger partial charge in [0.25, 0.3) is 0 Å². The first-order valence-corrected chi connectivity index (χ1v) is 11.0. The second-order valence-electron chi connectivity index (χ2n) is 7.88. The van der Waals surface area contributed by atoms with Crippen molar-refractivity contribution in [3.8, 4) is 0 Å². The Kier molecular flexibility index (Phi) is 8.99. The molecule has 2 heterocycles. The van der Waals surface area contributed by atoms with Crippen molar-refractivity contribution in [1.29, 1.82) is 0 Å². The minimum Gasteiger partial charge on any atom is -0.465 e. The molecule has 1 amide bonds. The summed E-state index contributed by atoms with van der Waals surface area (Å²) in [5.41, 5.74) is 2.44. The molecule has 0 spiro atoms. The number of nitrogens with zero attached hydrogens (tertiary/aromatic N) is 1. The number of piperidine rings is 1. The van der Waals surface area contributed by atoms with Crippen LogP contribution in [0.15, 0.2) is 48.8 Å². The number of aromatic nitrogens is 1. The number of hydrogen-bond acceptors (Lipinski definition) is 6. The lowest BCUT2D eigenvalue weighted by Gasteiger charge is -2.24. The summed E-state index contributed by atoms with van der Waals surface area (Å²) < 4.78 is 4.77. The van der Waals surface area contributed by atoms with E-state index in [0.29, 0.717) is 18.0 Å². The predicted molar refractivity (Wildman–Crippen MR) is 120 cm³/mol. The summed E-state index contributed by atoms with van der Waals surface area (Å²) in [4.78, 5) is 28.7.